The summed E-state index contributed by atoms with van der Waals surface area (Å²) in [6, 6.07) is 11.6. The van der Waals surface area contributed by atoms with E-state index in [2.05, 4.69) is 15.9 Å². The number of carbonyl (C=O) groups excluding carboxylic acids is 1. The van der Waals surface area contributed by atoms with Gasteiger partial charge in [0.05, 0.1) is 13.2 Å². The maximum absolute atomic E-state index is 13.9. The number of carbonyl (C=O) groups is 1. The predicted molar refractivity (Wildman–Crippen MR) is 138 cm³/mol. The molecule has 3 N–H and O–H groups in total. The van der Waals surface area contributed by atoms with E-state index < -0.39 is 23.6 Å². The fraction of sp³-hybridized carbons (Fsp3) is 0.280. The van der Waals surface area contributed by atoms with E-state index in [9.17, 15) is 23.5 Å². The first-order valence-corrected chi connectivity index (χ1v) is 11.5. The van der Waals surface area contributed by atoms with E-state index in [1.165, 1.54) is 6.07 Å². The number of benzene rings is 2. The molecule has 1 atom stereocenters. The van der Waals surface area contributed by atoms with E-state index in [-0.39, 0.29) is 47.0 Å². The van der Waals surface area contributed by atoms with Crippen LogP contribution < -0.4 is 16.0 Å². The van der Waals surface area contributed by atoms with E-state index in [1.54, 1.807) is 29.5 Å². The second-order valence-electron chi connectivity index (χ2n) is 8.21. The molecule has 36 heavy (non-hydrogen) atoms. The van der Waals surface area contributed by atoms with Crippen molar-refractivity contribution in [2.75, 3.05) is 13.7 Å². The molecular formula is C25H27BrClF2N3O4. The lowest BCUT2D eigenvalue weighted by molar-refractivity contribution is -0.124. The quantitative estimate of drug-likeness (QED) is 0.379. The monoisotopic (exact) mass is 585 g/mol. The van der Waals surface area contributed by atoms with Crippen molar-refractivity contribution >= 4 is 34.2 Å². The fourth-order valence-electron chi connectivity index (χ4n) is 3.59. The minimum Gasteiger partial charge on any atom is -0.487 e. The number of aliphatic hydroxyl groups excluding tert-OH is 1. The van der Waals surface area contributed by atoms with Crippen molar-refractivity contribution in [3.05, 3.63) is 97.4 Å². The average molecular weight is 587 g/mol. The Labute approximate surface area is 222 Å². The zero-order valence-electron chi connectivity index (χ0n) is 19.7. The fourth-order valence-corrected chi connectivity index (χ4v) is 4.03. The van der Waals surface area contributed by atoms with Crippen molar-refractivity contribution in [1.29, 1.82) is 0 Å². The van der Waals surface area contributed by atoms with E-state index in [0.717, 1.165) is 23.3 Å². The third-order valence-electron chi connectivity index (χ3n) is 5.64. The molecule has 0 unspecified atom stereocenters. The van der Waals surface area contributed by atoms with Crippen LogP contribution in [0.15, 0.2) is 57.8 Å². The Balaban J connectivity index is 0.00000456. The molecule has 1 heterocycles. The van der Waals surface area contributed by atoms with Crippen LogP contribution in [-0.2, 0) is 24.5 Å². The topological polar surface area (TPSA) is 97.8 Å². The number of aromatic nitrogens is 1. The van der Waals surface area contributed by atoms with Gasteiger partial charge >= 0.3 is 0 Å². The summed E-state index contributed by atoms with van der Waals surface area (Å²) >= 11 is 3.28. The van der Waals surface area contributed by atoms with Crippen LogP contribution in [0.4, 0.5) is 8.78 Å². The number of aryl methyl sites for hydroxylation is 1. The smallest absolute Gasteiger partial charge is 0.269 e. The highest BCUT2D eigenvalue weighted by Gasteiger charge is 2.19. The second-order valence-corrected chi connectivity index (χ2v) is 9.01. The van der Waals surface area contributed by atoms with E-state index in [1.807, 2.05) is 24.3 Å². The van der Waals surface area contributed by atoms with Crippen molar-refractivity contribution in [3.63, 3.8) is 0 Å². The Bertz CT molecular complexity index is 1270. The van der Waals surface area contributed by atoms with Crippen LogP contribution >= 0.6 is 28.3 Å². The number of rotatable bonds is 10. The molecule has 0 saturated carbocycles. The molecule has 0 saturated heterocycles. The third kappa shape index (κ3) is 7.13. The number of primary amides is 1. The Morgan fingerprint density at radius 1 is 1.17 bits per heavy atom. The Kier molecular flexibility index (Phi) is 10.6. The summed E-state index contributed by atoms with van der Waals surface area (Å²) in [5, 5.41) is 9.34. The lowest BCUT2D eigenvalue weighted by Crippen LogP contribution is -2.44. The van der Waals surface area contributed by atoms with Crippen LogP contribution in [0.3, 0.4) is 0 Å². The molecule has 194 valence electrons. The molecule has 11 heteroatoms. The summed E-state index contributed by atoms with van der Waals surface area (Å²) in [7, 11) is 1.70. The van der Waals surface area contributed by atoms with E-state index in [0.29, 0.717) is 18.8 Å². The van der Waals surface area contributed by atoms with Gasteiger partial charge in [0.25, 0.3) is 5.56 Å². The maximum atomic E-state index is 13.9. The van der Waals surface area contributed by atoms with Gasteiger partial charge in [0, 0.05) is 29.9 Å². The lowest BCUT2D eigenvalue weighted by Gasteiger charge is -2.23. The van der Waals surface area contributed by atoms with Crippen molar-refractivity contribution < 1.29 is 23.4 Å². The molecule has 3 rings (SSSR count). The molecule has 0 aliphatic heterocycles. The van der Waals surface area contributed by atoms with Gasteiger partial charge in [-0.05, 0) is 53.2 Å². The predicted octanol–water partition coefficient (Wildman–Crippen LogP) is 3.52. The van der Waals surface area contributed by atoms with Gasteiger partial charge in [0.15, 0.2) is 0 Å². The van der Waals surface area contributed by atoms with Gasteiger partial charge in [-0.1, -0.05) is 24.3 Å². The van der Waals surface area contributed by atoms with E-state index >= 15 is 0 Å². The first-order valence-electron chi connectivity index (χ1n) is 10.8. The van der Waals surface area contributed by atoms with Crippen LogP contribution in [0.5, 0.6) is 5.75 Å². The number of hydrogen-bond donors (Lipinski definition) is 2. The minimum atomic E-state index is -0.770. The summed E-state index contributed by atoms with van der Waals surface area (Å²) in [5.74, 6) is -1.73. The van der Waals surface area contributed by atoms with Gasteiger partial charge < -0.3 is 20.1 Å². The molecule has 1 amide bonds. The molecular weight excluding hydrogens is 560 g/mol. The Morgan fingerprint density at radius 2 is 1.81 bits per heavy atom. The number of aliphatic hydroxyl groups is 1. The van der Waals surface area contributed by atoms with Crippen molar-refractivity contribution in [2.24, 2.45) is 5.73 Å². The molecule has 0 radical (unpaired) electrons. The van der Waals surface area contributed by atoms with E-state index in [4.69, 9.17) is 10.5 Å². The summed E-state index contributed by atoms with van der Waals surface area (Å²) in [6.45, 7) is 1.98. The highest BCUT2D eigenvalue weighted by Crippen LogP contribution is 2.24. The number of pyridine rings is 1. The maximum Gasteiger partial charge on any atom is 0.269 e. The third-order valence-corrected chi connectivity index (χ3v) is 6.37. The summed E-state index contributed by atoms with van der Waals surface area (Å²) < 4.78 is 34.4. The highest BCUT2D eigenvalue weighted by atomic mass is 79.9. The van der Waals surface area contributed by atoms with Gasteiger partial charge in [-0.2, -0.15) is 0 Å². The first-order chi connectivity index (χ1) is 16.6. The second kappa shape index (κ2) is 13.0. The summed E-state index contributed by atoms with van der Waals surface area (Å²) in [4.78, 5) is 26.0. The Hall–Kier alpha value is -2.79. The van der Waals surface area contributed by atoms with Gasteiger partial charge in [-0.3, -0.25) is 14.5 Å². The zero-order valence-corrected chi connectivity index (χ0v) is 22.1. The van der Waals surface area contributed by atoms with Crippen molar-refractivity contribution in [2.45, 2.75) is 32.7 Å². The normalized spacial score (nSPS) is 11.8. The molecule has 0 fully saturated rings. The van der Waals surface area contributed by atoms with Crippen molar-refractivity contribution in [1.82, 2.24) is 9.47 Å². The summed E-state index contributed by atoms with van der Waals surface area (Å²) in [6.07, 6.45) is 0. The number of amides is 1. The van der Waals surface area contributed by atoms with Crippen molar-refractivity contribution in [3.8, 4) is 5.75 Å². The van der Waals surface area contributed by atoms with Crippen LogP contribution in [0.1, 0.15) is 22.4 Å². The van der Waals surface area contributed by atoms with Gasteiger partial charge in [0.1, 0.15) is 34.5 Å². The largest absolute Gasteiger partial charge is 0.487 e. The van der Waals surface area contributed by atoms with Crippen LogP contribution in [-0.4, -0.2) is 40.2 Å². The molecule has 7 nitrogen and oxygen atoms in total. The SMILES string of the molecule is Cc1cc(OCc2ccc(F)cc2F)c(Br)c(=O)n1Cc1ccc(CN(C)[C@@H](CO)C(N)=O)cc1.Cl. The van der Waals surface area contributed by atoms with Gasteiger partial charge in [0.2, 0.25) is 5.91 Å². The Morgan fingerprint density at radius 3 is 2.39 bits per heavy atom. The van der Waals surface area contributed by atoms with Gasteiger partial charge in [-0.25, -0.2) is 8.78 Å². The molecule has 0 aliphatic rings. The van der Waals surface area contributed by atoms with Crippen LogP contribution in [0.25, 0.3) is 0 Å². The first kappa shape index (κ1) is 29.4. The average Bonchev–Trinajstić information content (AvgIpc) is 2.80. The number of nitrogens with zero attached hydrogens (tertiary/aromatic N) is 2. The summed E-state index contributed by atoms with van der Waals surface area (Å²) in [5.41, 5.74) is 7.61. The molecule has 0 bridgehead atoms. The minimum absolute atomic E-state index is 0. The zero-order chi connectivity index (χ0) is 25.7. The number of halogens is 4. The standard InChI is InChI=1S/C25H26BrF2N3O4.ClH/c1-15-9-22(35-14-18-7-8-19(27)10-20(18)28)23(26)25(34)31(15)12-17-5-3-16(4-6-17)11-30(2)21(13-32)24(29)33;/h3-10,21,32H,11-14H2,1-2H3,(H2,29,33);1H/t21-;/m0./s1. The number of ether oxygens (including phenoxy) is 1. The number of likely N-dealkylation sites (N-methyl/N-ethyl adjacent to an activating group) is 1. The lowest BCUT2D eigenvalue weighted by atomic mass is 10.1. The molecule has 0 aliphatic carbocycles. The molecule has 0 spiro atoms. The number of nitrogens with two attached hydrogens (primary N) is 1. The van der Waals surface area contributed by atoms with Crippen LogP contribution in [0, 0.1) is 18.6 Å². The number of hydrogen-bond acceptors (Lipinski definition) is 5. The van der Waals surface area contributed by atoms with Crippen LogP contribution in [0.2, 0.25) is 0 Å². The molecule has 1 aromatic heterocycles. The molecule has 3 aromatic rings. The van der Waals surface area contributed by atoms with Gasteiger partial charge in [-0.15, -0.1) is 12.4 Å². The highest BCUT2D eigenvalue weighted by molar-refractivity contribution is 9.10. The molecule has 2 aromatic carbocycles.